The number of furan rings is 1. The Morgan fingerprint density at radius 3 is 3.00 bits per heavy atom. The average molecular weight is 227 g/mol. The van der Waals surface area contributed by atoms with Crippen molar-refractivity contribution >= 4 is 0 Å². The van der Waals surface area contributed by atoms with E-state index in [1.165, 1.54) is 0 Å². The van der Waals surface area contributed by atoms with Gasteiger partial charge in [-0.05, 0) is 30.7 Å². The number of nitrogens with one attached hydrogen (secondary N) is 1. The summed E-state index contributed by atoms with van der Waals surface area (Å²) in [5.41, 5.74) is 1.12. The number of hydrogen-bond donors (Lipinski definition) is 1. The maximum atomic E-state index is 8.63. The van der Waals surface area contributed by atoms with Gasteiger partial charge in [0.05, 0.1) is 6.54 Å². The molecule has 0 saturated heterocycles. The van der Waals surface area contributed by atoms with Gasteiger partial charge in [0, 0.05) is 18.4 Å². The zero-order chi connectivity index (χ0) is 12.1. The lowest BCUT2D eigenvalue weighted by Gasteiger charge is -2.12. The number of aromatic nitrogens is 1. The minimum absolute atomic E-state index is 0.194. The third-order valence-corrected chi connectivity index (χ3v) is 2.54. The van der Waals surface area contributed by atoms with E-state index < -0.39 is 0 Å². The van der Waals surface area contributed by atoms with Crippen LogP contribution in [0.2, 0.25) is 0 Å². The lowest BCUT2D eigenvalue weighted by Crippen LogP contribution is -2.17. The zero-order valence-electron chi connectivity index (χ0n) is 9.55. The fourth-order valence-corrected chi connectivity index (χ4v) is 1.54. The monoisotopic (exact) mass is 227 g/mol. The number of rotatable bonds is 4. The molecule has 2 aromatic heterocycles. The molecular formula is C13H13N3O. The van der Waals surface area contributed by atoms with Gasteiger partial charge >= 0.3 is 0 Å². The molecule has 17 heavy (non-hydrogen) atoms. The molecule has 2 heterocycles. The molecule has 0 aromatic carbocycles. The van der Waals surface area contributed by atoms with Crippen molar-refractivity contribution in [3.8, 4) is 6.07 Å². The van der Waals surface area contributed by atoms with Gasteiger partial charge < -0.3 is 9.73 Å². The molecule has 0 bridgehead atoms. The van der Waals surface area contributed by atoms with Crippen molar-refractivity contribution in [3.63, 3.8) is 0 Å². The van der Waals surface area contributed by atoms with Crippen LogP contribution in [0, 0.1) is 11.3 Å². The molecule has 86 valence electrons. The van der Waals surface area contributed by atoms with Crippen LogP contribution >= 0.6 is 0 Å². The molecule has 4 heteroatoms. The van der Waals surface area contributed by atoms with Gasteiger partial charge in [0.1, 0.15) is 11.8 Å². The van der Waals surface area contributed by atoms with Gasteiger partial charge in [0.15, 0.2) is 0 Å². The second kappa shape index (κ2) is 5.28. The lowest BCUT2D eigenvalue weighted by molar-refractivity contribution is 0.453. The standard InChI is InChI=1S/C13H13N3O/c1-10(11-3-2-6-15-8-11)16-9-13-5-4-12(7-14)17-13/h2-6,8,10,16H,9H2,1H3/t10-/m1/s1. The molecule has 0 aliphatic carbocycles. The minimum Gasteiger partial charge on any atom is -0.449 e. The summed E-state index contributed by atoms with van der Waals surface area (Å²) < 4.78 is 5.28. The van der Waals surface area contributed by atoms with Crippen LogP contribution < -0.4 is 5.32 Å². The first-order chi connectivity index (χ1) is 8.29. The second-order valence-electron chi connectivity index (χ2n) is 3.77. The summed E-state index contributed by atoms with van der Waals surface area (Å²) in [5, 5.41) is 11.9. The average Bonchev–Trinajstić information content (AvgIpc) is 2.85. The van der Waals surface area contributed by atoms with Crippen molar-refractivity contribution < 1.29 is 4.42 Å². The molecular weight excluding hydrogens is 214 g/mol. The van der Waals surface area contributed by atoms with E-state index in [2.05, 4.69) is 17.2 Å². The number of pyridine rings is 1. The second-order valence-corrected chi connectivity index (χ2v) is 3.77. The van der Waals surface area contributed by atoms with Crippen LogP contribution in [0.1, 0.15) is 30.0 Å². The molecule has 0 radical (unpaired) electrons. The van der Waals surface area contributed by atoms with E-state index in [0.717, 1.165) is 11.3 Å². The third kappa shape index (κ3) is 2.92. The van der Waals surface area contributed by atoms with Crippen molar-refractivity contribution in [1.29, 1.82) is 5.26 Å². The molecule has 1 atom stereocenters. The predicted molar refractivity (Wildman–Crippen MR) is 62.9 cm³/mol. The Hall–Kier alpha value is -2.12. The van der Waals surface area contributed by atoms with Crippen LogP contribution in [-0.2, 0) is 6.54 Å². The van der Waals surface area contributed by atoms with Crippen LogP contribution in [0.4, 0.5) is 0 Å². The van der Waals surface area contributed by atoms with Gasteiger partial charge in [0.2, 0.25) is 5.76 Å². The number of nitrogens with zero attached hydrogens (tertiary/aromatic N) is 2. The first-order valence-electron chi connectivity index (χ1n) is 5.41. The third-order valence-electron chi connectivity index (χ3n) is 2.54. The van der Waals surface area contributed by atoms with Crippen LogP contribution in [0.15, 0.2) is 41.1 Å². The van der Waals surface area contributed by atoms with Crippen molar-refractivity contribution in [2.45, 2.75) is 19.5 Å². The van der Waals surface area contributed by atoms with Crippen molar-refractivity contribution in [2.75, 3.05) is 0 Å². The van der Waals surface area contributed by atoms with Crippen molar-refractivity contribution in [1.82, 2.24) is 10.3 Å². The molecule has 2 rings (SSSR count). The zero-order valence-corrected chi connectivity index (χ0v) is 9.55. The topological polar surface area (TPSA) is 61.9 Å². The maximum absolute atomic E-state index is 8.63. The molecule has 0 unspecified atom stereocenters. The van der Waals surface area contributed by atoms with E-state index in [-0.39, 0.29) is 6.04 Å². The Balaban J connectivity index is 1.92. The first kappa shape index (κ1) is 11.4. The predicted octanol–water partition coefficient (Wildman–Crippen LogP) is 2.40. The fourth-order valence-electron chi connectivity index (χ4n) is 1.54. The van der Waals surface area contributed by atoms with E-state index in [1.807, 2.05) is 30.5 Å². The summed E-state index contributed by atoms with van der Waals surface area (Å²) in [6.07, 6.45) is 3.59. The number of nitriles is 1. The minimum atomic E-state index is 0.194. The molecule has 0 aliphatic rings. The molecule has 0 aliphatic heterocycles. The van der Waals surface area contributed by atoms with Crippen molar-refractivity contribution in [2.24, 2.45) is 0 Å². The van der Waals surface area contributed by atoms with E-state index in [0.29, 0.717) is 12.3 Å². The highest BCUT2D eigenvalue weighted by molar-refractivity contribution is 5.19. The summed E-state index contributed by atoms with van der Waals surface area (Å²) in [6, 6.07) is 9.57. The van der Waals surface area contributed by atoms with Crippen LogP contribution in [0.3, 0.4) is 0 Å². The summed E-state index contributed by atoms with van der Waals surface area (Å²) in [7, 11) is 0. The van der Waals surface area contributed by atoms with Gasteiger partial charge in [-0.2, -0.15) is 5.26 Å². The summed E-state index contributed by atoms with van der Waals surface area (Å²) in [6.45, 7) is 2.66. The molecule has 0 saturated carbocycles. The van der Waals surface area contributed by atoms with Gasteiger partial charge in [-0.1, -0.05) is 6.07 Å². The van der Waals surface area contributed by atoms with Gasteiger partial charge in [0.25, 0.3) is 0 Å². The van der Waals surface area contributed by atoms with Crippen LogP contribution in [-0.4, -0.2) is 4.98 Å². The smallest absolute Gasteiger partial charge is 0.203 e. The number of hydrogen-bond acceptors (Lipinski definition) is 4. The Bertz CT molecular complexity index is 513. The van der Waals surface area contributed by atoms with E-state index in [9.17, 15) is 0 Å². The highest BCUT2D eigenvalue weighted by Crippen LogP contribution is 2.12. The Labute approximate surface area is 99.9 Å². The lowest BCUT2D eigenvalue weighted by atomic mass is 10.1. The van der Waals surface area contributed by atoms with Crippen molar-refractivity contribution in [3.05, 3.63) is 53.7 Å². The molecule has 2 aromatic rings. The maximum Gasteiger partial charge on any atom is 0.203 e. The van der Waals surface area contributed by atoms with Crippen LogP contribution in [0.5, 0.6) is 0 Å². The molecule has 4 nitrogen and oxygen atoms in total. The van der Waals surface area contributed by atoms with Gasteiger partial charge in [-0.15, -0.1) is 0 Å². The fraction of sp³-hybridized carbons (Fsp3) is 0.231. The highest BCUT2D eigenvalue weighted by Gasteiger charge is 2.06. The van der Waals surface area contributed by atoms with E-state index >= 15 is 0 Å². The largest absolute Gasteiger partial charge is 0.449 e. The summed E-state index contributed by atoms with van der Waals surface area (Å²) in [5.74, 6) is 1.10. The quantitative estimate of drug-likeness (QED) is 0.871. The Morgan fingerprint density at radius 2 is 2.35 bits per heavy atom. The van der Waals surface area contributed by atoms with Gasteiger partial charge in [-0.3, -0.25) is 4.98 Å². The van der Waals surface area contributed by atoms with E-state index in [4.69, 9.17) is 9.68 Å². The Morgan fingerprint density at radius 1 is 1.47 bits per heavy atom. The van der Waals surface area contributed by atoms with E-state index in [1.54, 1.807) is 12.3 Å². The molecule has 0 spiro atoms. The SMILES string of the molecule is C[C@@H](NCc1ccc(C#N)o1)c1cccnc1. The Kier molecular flexibility index (Phi) is 3.53. The first-order valence-corrected chi connectivity index (χ1v) is 5.41. The molecule has 0 amide bonds. The molecule has 1 N–H and O–H groups in total. The highest BCUT2D eigenvalue weighted by atomic mass is 16.3. The summed E-state index contributed by atoms with van der Waals surface area (Å²) in [4.78, 5) is 4.07. The molecule has 0 fully saturated rings. The van der Waals surface area contributed by atoms with Gasteiger partial charge in [-0.25, -0.2) is 0 Å². The normalized spacial score (nSPS) is 12.0. The van der Waals surface area contributed by atoms with Crippen LogP contribution in [0.25, 0.3) is 0 Å². The summed E-state index contributed by atoms with van der Waals surface area (Å²) >= 11 is 0.